The molecule has 0 bridgehead atoms. The molecule has 0 aromatic rings. The van der Waals surface area contributed by atoms with Gasteiger partial charge in [0.25, 0.3) is 0 Å². The van der Waals surface area contributed by atoms with E-state index in [4.69, 9.17) is 4.74 Å². The van der Waals surface area contributed by atoms with E-state index in [0.717, 1.165) is 46.1 Å². The van der Waals surface area contributed by atoms with Crippen LogP contribution >= 0.6 is 0 Å². The maximum Gasteiger partial charge on any atom is 0.325 e. The summed E-state index contributed by atoms with van der Waals surface area (Å²) in [5.41, 5.74) is -3.04. The molecule has 0 aromatic heterocycles. The van der Waals surface area contributed by atoms with Crippen molar-refractivity contribution in [1.29, 1.82) is 0 Å². The number of methoxy groups -OCH3 is 1. The Hall–Kier alpha value is -1.20. The fraction of sp³-hybridized carbons (Fsp3) is 0.882. The van der Waals surface area contributed by atoms with Crippen LogP contribution in [0, 0.1) is 11.3 Å². The van der Waals surface area contributed by atoms with Crippen molar-refractivity contribution in [3.63, 3.8) is 0 Å². The molecule has 0 spiro atoms. The van der Waals surface area contributed by atoms with Gasteiger partial charge in [0.15, 0.2) is 5.41 Å². The van der Waals surface area contributed by atoms with Crippen LogP contribution in [0.5, 0.6) is 0 Å². The summed E-state index contributed by atoms with van der Waals surface area (Å²) in [5, 5.41) is 0. The Balaban J connectivity index is 3.24. The van der Waals surface area contributed by atoms with E-state index in [2.05, 4.69) is 4.74 Å². The molecule has 0 aliphatic heterocycles. The Labute approximate surface area is 167 Å². The molecule has 11 heteroatoms. The Kier molecular flexibility index (Phi) is 7.68. The van der Waals surface area contributed by atoms with Crippen LogP contribution in [0.1, 0.15) is 52.9 Å². The third-order valence-electron chi connectivity index (χ3n) is 5.22. The smallest absolute Gasteiger partial charge is 0.325 e. The lowest BCUT2D eigenvalue weighted by Gasteiger charge is -2.39. The number of ether oxygens (including phenoxy) is 2. The summed E-state index contributed by atoms with van der Waals surface area (Å²) in [6, 6.07) is 0. The molecule has 0 saturated heterocycles. The third kappa shape index (κ3) is 5.90. The first-order valence-electron chi connectivity index (χ1n) is 9.05. The molecule has 9 nitrogen and oxygen atoms in total. The monoisotopic (exact) mass is 441 g/mol. The molecule has 164 valence electrons. The molecule has 1 aliphatic rings. The molecule has 1 saturated carbocycles. The number of hydrogen-bond acceptors (Lipinski definition) is 8. The lowest BCUT2D eigenvalue weighted by molar-refractivity contribution is -0.182. The van der Waals surface area contributed by atoms with Gasteiger partial charge in [-0.2, -0.15) is 0 Å². The molecule has 28 heavy (non-hydrogen) atoms. The summed E-state index contributed by atoms with van der Waals surface area (Å²) < 4.78 is 58.3. The summed E-state index contributed by atoms with van der Waals surface area (Å²) >= 11 is 0. The van der Waals surface area contributed by atoms with Crippen LogP contribution in [-0.4, -0.2) is 64.3 Å². The fourth-order valence-corrected chi connectivity index (χ4v) is 6.36. The lowest BCUT2D eigenvalue weighted by atomic mass is 9.78. The summed E-state index contributed by atoms with van der Waals surface area (Å²) in [5.74, 6) is -2.01. The van der Waals surface area contributed by atoms with Crippen LogP contribution in [0.4, 0.5) is 0 Å². The number of sulfonamides is 2. The van der Waals surface area contributed by atoms with E-state index >= 15 is 0 Å². The molecule has 1 fully saturated rings. The Bertz CT molecular complexity index is 765. The van der Waals surface area contributed by atoms with Crippen LogP contribution < -0.4 is 0 Å². The zero-order valence-corrected chi connectivity index (χ0v) is 19.0. The van der Waals surface area contributed by atoms with E-state index in [1.165, 1.54) is 0 Å². The minimum atomic E-state index is -4.27. The average Bonchev–Trinajstić information content (AvgIpc) is 2.57. The predicted octanol–water partition coefficient (Wildman–Crippen LogP) is 1.29. The highest BCUT2D eigenvalue weighted by molar-refractivity contribution is 8.03. The van der Waals surface area contributed by atoms with Gasteiger partial charge < -0.3 is 9.47 Å². The van der Waals surface area contributed by atoms with E-state index in [1.807, 2.05) is 0 Å². The van der Waals surface area contributed by atoms with Crippen molar-refractivity contribution >= 4 is 32.0 Å². The van der Waals surface area contributed by atoms with Crippen LogP contribution in [0.25, 0.3) is 0 Å². The summed E-state index contributed by atoms with van der Waals surface area (Å²) in [4.78, 5) is 25.4. The molecule has 1 aliphatic carbocycles. The van der Waals surface area contributed by atoms with E-state index in [-0.39, 0.29) is 9.63 Å². The second kappa shape index (κ2) is 8.66. The first-order chi connectivity index (χ1) is 12.6. The lowest BCUT2D eigenvalue weighted by Crippen LogP contribution is -2.53. The number of carbonyl (C=O) groups is 2. The second-order valence-corrected chi connectivity index (χ2v) is 12.2. The predicted molar refractivity (Wildman–Crippen MR) is 103 cm³/mol. The second-order valence-electron chi connectivity index (χ2n) is 8.11. The van der Waals surface area contributed by atoms with Crippen molar-refractivity contribution in [3.05, 3.63) is 0 Å². The Morgan fingerprint density at radius 3 is 1.79 bits per heavy atom. The molecular formula is C17H31NO8S2. The van der Waals surface area contributed by atoms with E-state index in [0.29, 0.717) is 12.5 Å². The van der Waals surface area contributed by atoms with Crippen molar-refractivity contribution in [3.8, 4) is 0 Å². The Morgan fingerprint density at radius 2 is 1.39 bits per heavy atom. The van der Waals surface area contributed by atoms with Crippen molar-refractivity contribution in [2.45, 2.75) is 58.5 Å². The van der Waals surface area contributed by atoms with E-state index in [9.17, 15) is 26.4 Å². The van der Waals surface area contributed by atoms with Gasteiger partial charge in [-0.25, -0.2) is 16.8 Å². The molecule has 0 amide bonds. The molecule has 0 aromatic carbocycles. The standard InChI is InChI=1S/C17H31NO8S2/c1-16(2,13-10-8-7-9-11-13)26-15(20)17(3,14(19)25-4)12-18(27(5,21)22)28(6,23)24/h13H,7-12H2,1-6H3. The highest BCUT2D eigenvalue weighted by atomic mass is 32.3. The Morgan fingerprint density at radius 1 is 0.929 bits per heavy atom. The molecule has 0 N–H and O–H groups in total. The first-order valence-corrected chi connectivity index (χ1v) is 12.7. The van der Waals surface area contributed by atoms with Gasteiger partial charge >= 0.3 is 11.9 Å². The quantitative estimate of drug-likeness (QED) is 0.408. The van der Waals surface area contributed by atoms with Gasteiger partial charge in [-0.1, -0.05) is 23.0 Å². The normalized spacial score (nSPS) is 19.1. The van der Waals surface area contributed by atoms with Gasteiger partial charge in [0.1, 0.15) is 5.60 Å². The zero-order valence-electron chi connectivity index (χ0n) is 17.3. The largest absolute Gasteiger partial charge is 0.468 e. The van der Waals surface area contributed by atoms with E-state index < -0.39 is 49.5 Å². The molecule has 1 atom stereocenters. The van der Waals surface area contributed by atoms with Crippen molar-refractivity contribution in [2.24, 2.45) is 11.3 Å². The van der Waals surface area contributed by atoms with Gasteiger partial charge in [0, 0.05) is 0 Å². The molecule has 1 rings (SSSR count). The summed E-state index contributed by atoms with van der Waals surface area (Å²) in [7, 11) is -7.50. The maximum atomic E-state index is 13.0. The minimum absolute atomic E-state index is 0.0908. The van der Waals surface area contributed by atoms with Crippen LogP contribution in [0.15, 0.2) is 0 Å². The molecular weight excluding hydrogens is 410 g/mol. The van der Waals surface area contributed by atoms with E-state index in [1.54, 1.807) is 13.8 Å². The van der Waals surface area contributed by atoms with Crippen molar-refractivity contribution < 1.29 is 35.9 Å². The van der Waals surface area contributed by atoms with Crippen molar-refractivity contribution in [2.75, 3.05) is 26.2 Å². The molecule has 1 unspecified atom stereocenters. The molecule has 0 radical (unpaired) electrons. The number of nitrogens with zero attached hydrogens (tertiary/aromatic N) is 1. The average molecular weight is 442 g/mol. The van der Waals surface area contributed by atoms with Crippen LogP contribution in [0.3, 0.4) is 0 Å². The third-order valence-corrected chi connectivity index (χ3v) is 8.58. The van der Waals surface area contributed by atoms with Gasteiger partial charge in [0.05, 0.1) is 26.2 Å². The van der Waals surface area contributed by atoms with Gasteiger partial charge in [-0.3, -0.25) is 9.59 Å². The van der Waals surface area contributed by atoms with Crippen molar-refractivity contribution in [1.82, 2.24) is 3.71 Å². The van der Waals surface area contributed by atoms with Crippen LogP contribution in [0.2, 0.25) is 0 Å². The van der Waals surface area contributed by atoms with Gasteiger partial charge in [0.2, 0.25) is 20.0 Å². The fourth-order valence-electron chi connectivity index (χ4n) is 3.41. The molecule has 0 heterocycles. The summed E-state index contributed by atoms with van der Waals surface area (Å²) in [6.07, 6.45) is 6.23. The maximum absolute atomic E-state index is 13.0. The highest BCUT2D eigenvalue weighted by Gasteiger charge is 2.51. The minimum Gasteiger partial charge on any atom is -0.468 e. The number of esters is 2. The number of rotatable bonds is 8. The number of carbonyl (C=O) groups excluding carboxylic acids is 2. The summed E-state index contributed by atoms with van der Waals surface area (Å²) in [6.45, 7) is 3.67. The zero-order chi connectivity index (χ0) is 22.0. The highest BCUT2D eigenvalue weighted by Crippen LogP contribution is 2.37. The topological polar surface area (TPSA) is 124 Å². The van der Waals surface area contributed by atoms with Gasteiger partial charge in [-0.05, 0) is 39.5 Å². The van der Waals surface area contributed by atoms with Crippen LogP contribution in [-0.2, 0) is 39.1 Å². The van der Waals surface area contributed by atoms with Gasteiger partial charge in [-0.15, -0.1) is 0 Å². The number of hydrogen-bond donors (Lipinski definition) is 0. The SMILES string of the molecule is COC(=O)C(C)(CN(S(C)(=O)=O)S(C)(=O)=O)C(=O)OC(C)(C)C1CCCCC1. The first kappa shape index (κ1) is 24.8.